The van der Waals surface area contributed by atoms with E-state index in [4.69, 9.17) is 15.2 Å². The molecule has 37 heavy (non-hydrogen) atoms. The molecule has 0 spiro atoms. The van der Waals surface area contributed by atoms with Crippen LogP contribution in [0.25, 0.3) is 16.8 Å². The number of anilines is 1. The summed E-state index contributed by atoms with van der Waals surface area (Å²) in [5.74, 6) is -0.925. The van der Waals surface area contributed by atoms with Gasteiger partial charge in [0.2, 0.25) is 5.88 Å². The first-order valence-corrected chi connectivity index (χ1v) is 11.3. The molecule has 3 N–H and O–H groups in total. The van der Waals surface area contributed by atoms with Crippen LogP contribution in [0.4, 0.5) is 23.8 Å². The normalized spacial score (nSPS) is 16.2. The predicted octanol–water partition coefficient (Wildman–Crippen LogP) is 3.14. The molecule has 0 saturated carbocycles. The molecule has 3 aromatic rings. The number of aromatic nitrogens is 4. The van der Waals surface area contributed by atoms with Gasteiger partial charge >= 0.3 is 12.3 Å². The Kier molecular flexibility index (Phi) is 6.60. The number of nitrogens with two attached hydrogens (primary N) is 1. The van der Waals surface area contributed by atoms with E-state index in [9.17, 15) is 22.8 Å². The average molecular weight is 522 g/mol. The molecular formula is C23H26F3N7O4. The highest BCUT2D eigenvalue weighted by Crippen LogP contribution is 2.39. The topological polar surface area (TPSA) is 137 Å². The number of pyridine rings is 1. The number of likely N-dealkylation sites (tertiary alicyclic amines) is 1. The Bertz CT molecular complexity index is 1350. The van der Waals surface area contributed by atoms with Gasteiger partial charge in [-0.3, -0.25) is 4.79 Å². The largest absolute Gasteiger partial charge is 0.480 e. The van der Waals surface area contributed by atoms with Crippen LogP contribution in [0, 0.1) is 0 Å². The van der Waals surface area contributed by atoms with Crippen molar-refractivity contribution in [2.45, 2.75) is 45.0 Å². The van der Waals surface area contributed by atoms with Gasteiger partial charge in [-0.25, -0.2) is 19.3 Å². The highest BCUT2D eigenvalue weighted by atomic mass is 19.4. The van der Waals surface area contributed by atoms with E-state index >= 15 is 0 Å². The number of nitrogen functional groups attached to an aromatic ring is 1. The molecule has 0 aliphatic carbocycles. The Morgan fingerprint density at radius 3 is 2.57 bits per heavy atom. The van der Waals surface area contributed by atoms with E-state index in [1.807, 2.05) is 0 Å². The maximum atomic E-state index is 13.7. The second-order valence-corrected chi connectivity index (χ2v) is 9.51. The molecule has 0 radical (unpaired) electrons. The number of nitrogens with one attached hydrogen (secondary N) is 1. The van der Waals surface area contributed by atoms with Gasteiger partial charge in [0.15, 0.2) is 5.82 Å². The van der Waals surface area contributed by atoms with Crippen LogP contribution in [0.5, 0.6) is 5.88 Å². The van der Waals surface area contributed by atoms with Crippen molar-refractivity contribution in [3.8, 4) is 17.1 Å². The first-order valence-electron chi connectivity index (χ1n) is 11.3. The molecule has 4 rings (SSSR count). The molecule has 1 aliphatic heterocycles. The van der Waals surface area contributed by atoms with Gasteiger partial charge in [0.1, 0.15) is 23.0 Å². The molecule has 2 amide bonds. The van der Waals surface area contributed by atoms with E-state index in [-0.39, 0.29) is 41.1 Å². The van der Waals surface area contributed by atoms with Crippen molar-refractivity contribution in [2.24, 2.45) is 0 Å². The molecule has 1 aliphatic rings. The Morgan fingerprint density at radius 1 is 1.19 bits per heavy atom. The number of methoxy groups -OCH3 is 1. The molecule has 0 aromatic carbocycles. The van der Waals surface area contributed by atoms with Crippen molar-refractivity contribution in [3.63, 3.8) is 0 Å². The van der Waals surface area contributed by atoms with Gasteiger partial charge in [0, 0.05) is 30.9 Å². The van der Waals surface area contributed by atoms with Gasteiger partial charge in [0.25, 0.3) is 5.91 Å². The van der Waals surface area contributed by atoms with Gasteiger partial charge in [0.05, 0.1) is 18.4 Å². The molecule has 0 bridgehead atoms. The Hall–Kier alpha value is -4.10. The summed E-state index contributed by atoms with van der Waals surface area (Å²) in [5, 5.41) is 6.75. The molecule has 198 valence electrons. The lowest BCUT2D eigenvalue weighted by Gasteiger charge is -2.24. The number of alkyl halides is 3. The Balaban J connectivity index is 1.62. The number of carbonyl (C=O) groups excluding carboxylic acids is 2. The number of fused-ring (bicyclic) bond motifs is 1. The van der Waals surface area contributed by atoms with Crippen molar-refractivity contribution in [1.82, 2.24) is 29.8 Å². The van der Waals surface area contributed by atoms with Crippen LogP contribution in [0.1, 0.15) is 43.1 Å². The van der Waals surface area contributed by atoms with E-state index in [1.165, 1.54) is 24.3 Å². The van der Waals surface area contributed by atoms with Crippen molar-refractivity contribution < 1.29 is 32.2 Å². The van der Waals surface area contributed by atoms with Crippen LogP contribution in [-0.2, 0) is 10.9 Å². The summed E-state index contributed by atoms with van der Waals surface area (Å²) in [4.78, 5) is 34.8. The highest BCUT2D eigenvalue weighted by molar-refractivity contribution is 5.98. The summed E-state index contributed by atoms with van der Waals surface area (Å²) >= 11 is 0. The van der Waals surface area contributed by atoms with E-state index in [0.717, 1.165) is 16.9 Å². The maximum Gasteiger partial charge on any atom is 0.418 e. The third-order valence-electron chi connectivity index (χ3n) is 5.65. The number of amides is 2. The first-order chi connectivity index (χ1) is 17.3. The van der Waals surface area contributed by atoms with Crippen LogP contribution in [0.15, 0.2) is 24.7 Å². The molecule has 4 heterocycles. The van der Waals surface area contributed by atoms with Crippen LogP contribution in [-0.4, -0.2) is 68.3 Å². The molecule has 3 aromatic heterocycles. The number of carbonyl (C=O) groups is 2. The van der Waals surface area contributed by atoms with Crippen LogP contribution >= 0.6 is 0 Å². The van der Waals surface area contributed by atoms with Crippen LogP contribution < -0.4 is 15.8 Å². The lowest BCUT2D eigenvalue weighted by atomic mass is 10.1. The summed E-state index contributed by atoms with van der Waals surface area (Å²) in [6.07, 6.45) is -2.39. The first kappa shape index (κ1) is 26.0. The minimum absolute atomic E-state index is 0.00116. The van der Waals surface area contributed by atoms with Gasteiger partial charge in [-0.15, -0.1) is 0 Å². The standard InChI is InChI=1S/C23H26F3N7O4/c1-22(2,3)37-21(35)32-6-5-13(10-32)31-19(34)14-7-12(9-28-20(14)36-4)16-8-15(23(24,25)26)17-18(27)29-11-30-33(16)17/h7-9,11,13H,5-6,10H2,1-4H3,(H,31,34)(H2,27,29,30). The number of nitrogens with zero attached hydrogens (tertiary/aromatic N) is 5. The highest BCUT2D eigenvalue weighted by Gasteiger charge is 2.37. The van der Waals surface area contributed by atoms with Gasteiger partial charge < -0.3 is 25.4 Å². The van der Waals surface area contributed by atoms with Crippen molar-refractivity contribution in [3.05, 3.63) is 35.8 Å². The second-order valence-electron chi connectivity index (χ2n) is 9.51. The van der Waals surface area contributed by atoms with E-state index in [2.05, 4.69) is 20.4 Å². The van der Waals surface area contributed by atoms with Crippen molar-refractivity contribution in [1.29, 1.82) is 0 Å². The SMILES string of the molecule is COc1ncc(-c2cc(C(F)(F)F)c3c(N)ncnn23)cc1C(=O)NC1CCN(C(=O)OC(C)(C)C)C1. The minimum Gasteiger partial charge on any atom is -0.480 e. The number of ether oxygens (including phenoxy) is 2. The van der Waals surface area contributed by atoms with Crippen molar-refractivity contribution in [2.75, 3.05) is 25.9 Å². The number of hydrogen-bond acceptors (Lipinski definition) is 8. The molecule has 1 atom stereocenters. The summed E-state index contributed by atoms with van der Waals surface area (Å²) in [5.41, 5.74) is 3.84. The second kappa shape index (κ2) is 9.41. The minimum atomic E-state index is -4.72. The number of halogens is 3. The fraction of sp³-hybridized carbons (Fsp3) is 0.435. The summed E-state index contributed by atoms with van der Waals surface area (Å²) in [7, 11) is 1.32. The smallest absolute Gasteiger partial charge is 0.418 e. The average Bonchev–Trinajstić information content (AvgIpc) is 3.43. The summed E-state index contributed by atoms with van der Waals surface area (Å²) < 4.78 is 52.7. The summed E-state index contributed by atoms with van der Waals surface area (Å²) in [6, 6.07) is 1.87. The Labute approximate surface area is 209 Å². The van der Waals surface area contributed by atoms with Gasteiger partial charge in [-0.2, -0.15) is 18.3 Å². The lowest BCUT2D eigenvalue weighted by Crippen LogP contribution is -2.40. The van der Waals surface area contributed by atoms with E-state index in [1.54, 1.807) is 20.8 Å². The zero-order valence-corrected chi connectivity index (χ0v) is 20.6. The van der Waals surface area contributed by atoms with Crippen molar-refractivity contribution >= 4 is 23.3 Å². The molecule has 11 nitrogen and oxygen atoms in total. The molecule has 1 saturated heterocycles. The predicted molar refractivity (Wildman–Crippen MR) is 126 cm³/mol. The molecule has 1 fully saturated rings. The molecule has 1 unspecified atom stereocenters. The molecular weight excluding hydrogens is 495 g/mol. The monoisotopic (exact) mass is 521 g/mol. The van der Waals surface area contributed by atoms with E-state index in [0.29, 0.717) is 13.0 Å². The van der Waals surface area contributed by atoms with Gasteiger partial charge in [-0.05, 0) is 39.3 Å². The number of hydrogen-bond donors (Lipinski definition) is 2. The Morgan fingerprint density at radius 2 is 1.92 bits per heavy atom. The molecule has 14 heteroatoms. The third-order valence-corrected chi connectivity index (χ3v) is 5.65. The lowest BCUT2D eigenvalue weighted by molar-refractivity contribution is -0.136. The van der Waals surface area contributed by atoms with Crippen LogP contribution in [0.2, 0.25) is 0 Å². The van der Waals surface area contributed by atoms with Crippen LogP contribution in [0.3, 0.4) is 0 Å². The van der Waals surface area contributed by atoms with E-state index < -0.39 is 34.9 Å². The number of rotatable bonds is 4. The zero-order valence-electron chi connectivity index (χ0n) is 20.6. The fourth-order valence-electron chi connectivity index (χ4n) is 4.04. The fourth-order valence-corrected chi connectivity index (χ4v) is 4.04. The summed E-state index contributed by atoms with van der Waals surface area (Å²) in [6.45, 7) is 5.92. The third kappa shape index (κ3) is 5.37. The maximum absolute atomic E-state index is 13.7. The van der Waals surface area contributed by atoms with Gasteiger partial charge in [-0.1, -0.05) is 0 Å². The zero-order chi connectivity index (χ0) is 27.1. The quantitative estimate of drug-likeness (QED) is 0.534.